The average molecular weight is 244 g/mol. The van der Waals surface area contributed by atoms with Gasteiger partial charge in [-0.3, -0.25) is 9.59 Å². The van der Waals surface area contributed by atoms with Gasteiger partial charge in [0.15, 0.2) is 11.5 Å². The Morgan fingerprint density at radius 2 is 1.83 bits per heavy atom. The van der Waals surface area contributed by atoms with E-state index in [1.165, 1.54) is 0 Å². The van der Waals surface area contributed by atoms with Crippen LogP contribution in [0.1, 0.15) is 34.1 Å². The van der Waals surface area contributed by atoms with Gasteiger partial charge in [-0.25, -0.2) is 0 Å². The van der Waals surface area contributed by atoms with Gasteiger partial charge in [-0.15, -0.1) is 0 Å². The van der Waals surface area contributed by atoms with Crippen molar-refractivity contribution in [1.29, 1.82) is 0 Å². The molecule has 0 fully saturated rings. The Morgan fingerprint density at radius 3 is 2.44 bits per heavy atom. The molecule has 0 saturated carbocycles. The molecule has 4 heteroatoms. The van der Waals surface area contributed by atoms with Crippen LogP contribution < -0.4 is 0 Å². The number of ketones is 2. The van der Waals surface area contributed by atoms with Crippen LogP contribution in [-0.2, 0) is 4.74 Å². The Labute approximate surface area is 104 Å². The van der Waals surface area contributed by atoms with Crippen LogP contribution in [0.5, 0.6) is 0 Å². The maximum absolute atomic E-state index is 12.2. The summed E-state index contributed by atoms with van der Waals surface area (Å²) in [7, 11) is 0. The van der Waals surface area contributed by atoms with Crippen LogP contribution in [-0.4, -0.2) is 28.9 Å². The normalized spacial score (nSPS) is 23.6. The van der Waals surface area contributed by atoms with Crippen LogP contribution in [0, 0.1) is 0 Å². The molecule has 18 heavy (non-hydrogen) atoms. The molecule has 1 aromatic carbocycles. The minimum atomic E-state index is -0.709. The Hall–Kier alpha value is -1.94. The number of rotatable bonds is 1. The smallest absolute Gasteiger partial charge is 0.228 e. The molecular weight excluding hydrogens is 232 g/mol. The molecule has 92 valence electrons. The monoisotopic (exact) mass is 244 g/mol. The van der Waals surface area contributed by atoms with Gasteiger partial charge >= 0.3 is 0 Å². The van der Waals surface area contributed by atoms with Crippen molar-refractivity contribution in [3.63, 3.8) is 0 Å². The molecule has 0 radical (unpaired) electrons. The molecule has 0 unspecified atom stereocenters. The number of Topliss-reactive ketones (excluding diaryl/α,β-unsaturated/α-hetero) is 2. The van der Waals surface area contributed by atoms with E-state index in [9.17, 15) is 14.7 Å². The van der Waals surface area contributed by atoms with Gasteiger partial charge in [-0.1, -0.05) is 24.3 Å². The van der Waals surface area contributed by atoms with Crippen molar-refractivity contribution in [2.45, 2.75) is 25.6 Å². The van der Waals surface area contributed by atoms with Gasteiger partial charge in [0.1, 0.15) is 6.10 Å². The number of benzene rings is 1. The number of carbonyl (C=O) groups excluding carboxylic acids is 2. The van der Waals surface area contributed by atoms with Crippen LogP contribution in [0.2, 0.25) is 0 Å². The maximum atomic E-state index is 12.2. The van der Waals surface area contributed by atoms with Crippen molar-refractivity contribution in [2.24, 2.45) is 0 Å². The maximum Gasteiger partial charge on any atom is 0.228 e. The Morgan fingerprint density at radius 1 is 1.22 bits per heavy atom. The number of ether oxygens (including phenoxy) is 1. The third-order valence-electron chi connectivity index (χ3n) is 3.38. The van der Waals surface area contributed by atoms with Crippen molar-refractivity contribution in [1.82, 2.24) is 0 Å². The highest BCUT2D eigenvalue weighted by molar-refractivity contribution is 6.26. The van der Waals surface area contributed by atoms with E-state index in [1.54, 1.807) is 31.2 Å². The molecule has 0 aromatic heterocycles. The first-order valence-electron chi connectivity index (χ1n) is 5.86. The van der Waals surface area contributed by atoms with E-state index in [4.69, 9.17) is 4.74 Å². The second-order valence-electron chi connectivity index (χ2n) is 4.61. The highest BCUT2D eigenvalue weighted by atomic mass is 16.5. The van der Waals surface area contributed by atoms with E-state index in [0.29, 0.717) is 23.1 Å². The van der Waals surface area contributed by atoms with E-state index in [2.05, 4.69) is 0 Å². The van der Waals surface area contributed by atoms with Crippen molar-refractivity contribution in [3.8, 4) is 0 Å². The van der Waals surface area contributed by atoms with Crippen molar-refractivity contribution < 1.29 is 19.4 Å². The molecule has 1 heterocycles. The molecule has 0 saturated heterocycles. The number of aliphatic hydroxyl groups excluding tert-OH is 1. The van der Waals surface area contributed by atoms with E-state index in [0.717, 1.165) is 0 Å². The SMILES string of the molecule is C[C@H](O)[C@H]1CC2=C(O1)C(=O)c1ccccc1C2=O. The van der Waals surface area contributed by atoms with Crippen LogP contribution in [0.3, 0.4) is 0 Å². The molecular formula is C14H12O4. The number of carbonyl (C=O) groups is 2. The predicted molar refractivity (Wildman–Crippen MR) is 63.3 cm³/mol. The third kappa shape index (κ3) is 1.42. The van der Waals surface area contributed by atoms with Gasteiger partial charge < -0.3 is 9.84 Å². The zero-order chi connectivity index (χ0) is 12.9. The summed E-state index contributed by atoms with van der Waals surface area (Å²) in [6.45, 7) is 1.59. The van der Waals surface area contributed by atoms with Crippen LogP contribution in [0.4, 0.5) is 0 Å². The van der Waals surface area contributed by atoms with Crippen LogP contribution >= 0.6 is 0 Å². The van der Waals surface area contributed by atoms with E-state index in [1.807, 2.05) is 0 Å². The van der Waals surface area contributed by atoms with Gasteiger partial charge in [-0.2, -0.15) is 0 Å². The van der Waals surface area contributed by atoms with E-state index in [-0.39, 0.29) is 17.3 Å². The molecule has 0 amide bonds. The zero-order valence-electron chi connectivity index (χ0n) is 9.84. The minimum absolute atomic E-state index is 0.115. The second kappa shape index (κ2) is 3.78. The van der Waals surface area contributed by atoms with Gasteiger partial charge in [-0.05, 0) is 6.92 Å². The predicted octanol–water partition coefficient (Wildman–Crippen LogP) is 1.49. The molecule has 1 aliphatic heterocycles. The molecule has 4 nitrogen and oxygen atoms in total. The molecule has 2 atom stereocenters. The van der Waals surface area contributed by atoms with Crippen LogP contribution in [0.25, 0.3) is 0 Å². The summed E-state index contributed by atoms with van der Waals surface area (Å²) in [5, 5.41) is 9.51. The Kier molecular flexibility index (Phi) is 2.35. The lowest BCUT2D eigenvalue weighted by Crippen LogP contribution is -2.23. The highest BCUT2D eigenvalue weighted by Crippen LogP contribution is 2.36. The van der Waals surface area contributed by atoms with E-state index >= 15 is 0 Å². The molecule has 0 bridgehead atoms. The molecule has 1 aliphatic carbocycles. The Bertz CT molecular complexity index is 536. The van der Waals surface area contributed by atoms with Crippen molar-refractivity contribution >= 4 is 11.6 Å². The first kappa shape index (κ1) is 11.2. The number of hydrogen-bond acceptors (Lipinski definition) is 4. The van der Waals surface area contributed by atoms with Gasteiger partial charge in [0, 0.05) is 17.5 Å². The van der Waals surface area contributed by atoms with Crippen molar-refractivity contribution in [3.05, 3.63) is 46.7 Å². The standard InChI is InChI=1S/C14H12O4/c1-7(15)11-6-10-12(16)8-4-2-3-5-9(8)13(17)14(10)18-11/h2-5,7,11,15H,6H2,1H3/t7-,11+/m0/s1. The molecule has 1 N–H and O–H groups in total. The summed E-state index contributed by atoms with van der Waals surface area (Å²) in [4.78, 5) is 24.4. The number of hydrogen-bond donors (Lipinski definition) is 1. The fourth-order valence-corrected chi connectivity index (χ4v) is 2.38. The van der Waals surface area contributed by atoms with Gasteiger partial charge in [0.05, 0.1) is 11.7 Å². The first-order chi connectivity index (χ1) is 8.59. The summed E-state index contributed by atoms with van der Waals surface area (Å²) >= 11 is 0. The lowest BCUT2D eigenvalue weighted by atomic mass is 9.87. The average Bonchev–Trinajstić information content (AvgIpc) is 2.81. The molecule has 1 aromatic rings. The summed E-state index contributed by atoms with van der Waals surface area (Å²) in [6.07, 6.45) is -0.914. The topological polar surface area (TPSA) is 63.6 Å². The quantitative estimate of drug-likeness (QED) is 0.813. The molecule has 0 spiro atoms. The Balaban J connectivity index is 2.06. The largest absolute Gasteiger partial charge is 0.483 e. The lowest BCUT2D eigenvalue weighted by Gasteiger charge is -2.16. The van der Waals surface area contributed by atoms with Gasteiger partial charge in [0.2, 0.25) is 5.78 Å². The lowest BCUT2D eigenvalue weighted by molar-refractivity contribution is 0.0218. The second-order valence-corrected chi connectivity index (χ2v) is 4.61. The summed E-state index contributed by atoms with van der Waals surface area (Å²) in [5.41, 5.74) is 1.20. The molecule has 3 rings (SSSR count). The van der Waals surface area contributed by atoms with Crippen LogP contribution in [0.15, 0.2) is 35.6 Å². The fraction of sp³-hybridized carbons (Fsp3) is 0.286. The van der Waals surface area contributed by atoms with Gasteiger partial charge in [0.25, 0.3) is 0 Å². The third-order valence-corrected chi connectivity index (χ3v) is 3.38. The highest BCUT2D eigenvalue weighted by Gasteiger charge is 2.41. The molecule has 2 aliphatic rings. The zero-order valence-corrected chi connectivity index (χ0v) is 9.84. The number of aliphatic hydroxyl groups is 1. The fourth-order valence-electron chi connectivity index (χ4n) is 2.38. The summed E-state index contributed by atoms with van der Waals surface area (Å²) in [5.74, 6) is -0.309. The number of allylic oxidation sites excluding steroid dienone is 1. The summed E-state index contributed by atoms with van der Waals surface area (Å²) < 4.78 is 5.43. The summed E-state index contributed by atoms with van der Waals surface area (Å²) in [6, 6.07) is 6.72. The van der Waals surface area contributed by atoms with Crippen molar-refractivity contribution in [2.75, 3.05) is 0 Å². The van der Waals surface area contributed by atoms with E-state index < -0.39 is 12.2 Å². The minimum Gasteiger partial charge on any atom is -0.483 e. The number of fused-ring (bicyclic) bond motifs is 1. The first-order valence-corrected chi connectivity index (χ1v) is 5.86.